The summed E-state index contributed by atoms with van der Waals surface area (Å²) in [7, 11) is 0. The lowest BCUT2D eigenvalue weighted by Gasteiger charge is -2.63. The van der Waals surface area contributed by atoms with Gasteiger partial charge in [0.1, 0.15) is 29.2 Å². The Kier molecular flexibility index (Phi) is 6.90. The molecular formula is C26H38Cl2O5. The highest BCUT2D eigenvalue weighted by atomic mass is 35.5. The maximum Gasteiger partial charge on any atom is 0.321 e. The second-order valence-electron chi connectivity index (χ2n) is 12.0. The molecule has 4 saturated carbocycles. The van der Waals surface area contributed by atoms with E-state index in [2.05, 4.69) is 13.8 Å². The van der Waals surface area contributed by atoms with E-state index in [0.29, 0.717) is 17.8 Å². The minimum Gasteiger partial charge on any atom is -0.461 e. The fraction of sp³-hybridized carbons (Fsp3) is 0.885. The Morgan fingerprint density at radius 1 is 0.879 bits per heavy atom. The van der Waals surface area contributed by atoms with Gasteiger partial charge >= 0.3 is 11.9 Å². The molecule has 0 aliphatic heterocycles. The number of hydrogen-bond acceptors (Lipinski definition) is 5. The van der Waals surface area contributed by atoms with Crippen molar-refractivity contribution in [2.75, 3.05) is 11.8 Å². The quantitative estimate of drug-likeness (QED) is 0.366. The van der Waals surface area contributed by atoms with Gasteiger partial charge < -0.3 is 9.47 Å². The summed E-state index contributed by atoms with van der Waals surface area (Å²) in [4.78, 5) is 36.9. The molecule has 33 heavy (non-hydrogen) atoms. The van der Waals surface area contributed by atoms with E-state index in [1.165, 1.54) is 0 Å². The summed E-state index contributed by atoms with van der Waals surface area (Å²) in [6.45, 7) is 8.36. The third-order valence-corrected chi connectivity index (χ3v) is 10.6. The minimum atomic E-state index is -0.498. The Hall–Kier alpha value is -0.810. The zero-order valence-corrected chi connectivity index (χ0v) is 21.8. The van der Waals surface area contributed by atoms with Crippen LogP contribution < -0.4 is 0 Å². The fourth-order valence-electron chi connectivity index (χ4n) is 8.88. The van der Waals surface area contributed by atoms with Gasteiger partial charge in [-0.3, -0.25) is 14.4 Å². The summed E-state index contributed by atoms with van der Waals surface area (Å²) in [5.74, 6) is 0.799. The van der Waals surface area contributed by atoms with Crippen molar-refractivity contribution >= 4 is 40.9 Å². The number of ether oxygens (including phenoxy) is 2. The van der Waals surface area contributed by atoms with Crippen molar-refractivity contribution in [3.8, 4) is 0 Å². The van der Waals surface area contributed by atoms with Gasteiger partial charge in [-0.2, -0.15) is 0 Å². The first kappa shape index (κ1) is 25.3. The molecular weight excluding hydrogens is 463 g/mol. The molecule has 4 aliphatic carbocycles. The van der Waals surface area contributed by atoms with Gasteiger partial charge in [-0.05, 0) is 93.8 Å². The van der Waals surface area contributed by atoms with Gasteiger partial charge in [0.15, 0.2) is 0 Å². The SMILES string of the molecule is CC(=O)[C@H]1CC[C@H]2[C@@H]3CC[C@H]4C[C@](C)(OC(=O)CCl)CC[C@]4(C)[C@H]3[C@@H](OC(=O)CCl)C[C@]12C. The molecule has 7 heteroatoms. The van der Waals surface area contributed by atoms with Gasteiger partial charge in [0, 0.05) is 11.8 Å². The molecule has 9 atom stereocenters. The van der Waals surface area contributed by atoms with E-state index < -0.39 is 5.60 Å². The lowest BCUT2D eigenvalue weighted by molar-refractivity contribution is -0.209. The van der Waals surface area contributed by atoms with Gasteiger partial charge in [0.2, 0.25) is 0 Å². The summed E-state index contributed by atoms with van der Waals surface area (Å²) in [5.41, 5.74) is -0.642. The highest BCUT2D eigenvalue weighted by Crippen LogP contribution is 2.68. The highest BCUT2D eigenvalue weighted by molar-refractivity contribution is 6.26. The minimum absolute atomic E-state index is 0.0112. The molecule has 0 radical (unpaired) electrons. The largest absolute Gasteiger partial charge is 0.461 e. The van der Waals surface area contributed by atoms with Crippen LogP contribution in [0.5, 0.6) is 0 Å². The number of esters is 2. The van der Waals surface area contributed by atoms with Crippen LogP contribution in [0.4, 0.5) is 0 Å². The van der Waals surface area contributed by atoms with Gasteiger partial charge in [0.25, 0.3) is 0 Å². The van der Waals surface area contributed by atoms with Crippen LogP contribution in [0.15, 0.2) is 0 Å². The summed E-state index contributed by atoms with van der Waals surface area (Å²) in [6, 6.07) is 0. The van der Waals surface area contributed by atoms with Gasteiger partial charge in [-0.15, -0.1) is 23.2 Å². The molecule has 0 saturated heterocycles. The maximum atomic E-state index is 12.5. The van der Waals surface area contributed by atoms with Crippen LogP contribution >= 0.6 is 23.2 Å². The third-order valence-electron chi connectivity index (χ3n) is 10.2. The first-order valence-corrected chi connectivity index (χ1v) is 13.6. The van der Waals surface area contributed by atoms with E-state index in [0.717, 1.165) is 51.4 Å². The molecule has 0 spiro atoms. The zero-order valence-electron chi connectivity index (χ0n) is 20.3. The molecule has 0 N–H and O–H groups in total. The number of fused-ring (bicyclic) bond motifs is 5. The van der Waals surface area contributed by atoms with Crippen LogP contribution in [0.1, 0.15) is 79.1 Å². The summed E-state index contributed by atoms with van der Waals surface area (Å²) >= 11 is 11.6. The van der Waals surface area contributed by atoms with Crippen LogP contribution in [0, 0.1) is 40.4 Å². The number of Topliss-reactive ketones (excluding diaryl/α,β-unsaturated/α-hetero) is 1. The average molecular weight is 501 g/mol. The van der Waals surface area contributed by atoms with Crippen LogP contribution in [-0.2, 0) is 23.9 Å². The second-order valence-corrected chi connectivity index (χ2v) is 12.5. The first-order chi connectivity index (χ1) is 15.5. The molecule has 0 aromatic carbocycles. The Morgan fingerprint density at radius 2 is 1.58 bits per heavy atom. The highest BCUT2D eigenvalue weighted by Gasteiger charge is 2.65. The number of hydrogen-bond donors (Lipinski definition) is 0. The van der Waals surface area contributed by atoms with Crippen molar-refractivity contribution in [3.05, 3.63) is 0 Å². The lowest BCUT2D eigenvalue weighted by atomic mass is 9.43. The number of alkyl halides is 2. The van der Waals surface area contributed by atoms with E-state index in [-0.39, 0.29) is 58.3 Å². The van der Waals surface area contributed by atoms with Crippen molar-refractivity contribution < 1.29 is 23.9 Å². The summed E-state index contributed by atoms with van der Waals surface area (Å²) in [6.07, 6.45) is 7.13. The maximum absolute atomic E-state index is 12.5. The fourth-order valence-corrected chi connectivity index (χ4v) is 9.00. The predicted molar refractivity (Wildman–Crippen MR) is 127 cm³/mol. The number of ketones is 1. The molecule has 0 heterocycles. The van der Waals surface area contributed by atoms with Crippen molar-refractivity contribution in [2.24, 2.45) is 40.4 Å². The molecule has 0 bridgehead atoms. The Morgan fingerprint density at radius 3 is 2.21 bits per heavy atom. The summed E-state index contributed by atoms with van der Waals surface area (Å²) < 4.78 is 11.9. The number of rotatable bonds is 5. The second kappa shape index (κ2) is 9.00. The van der Waals surface area contributed by atoms with Crippen molar-refractivity contribution in [1.82, 2.24) is 0 Å². The molecule has 4 rings (SSSR count). The number of halogens is 2. The Bertz CT molecular complexity index is 817. The topological polar surface area (TPSA) is 69.7 Å². The Labute approximate surface area is 207 Å². The molecule has 4 aliphatic rings. The van der Waals surface area contributed by atoms with Crippen molar-refractivity contribution in [2.45, 2.75) is 90.8 Å². The molecule has 0 aromatic heterocycles. The lowest BCUT2D eigenvalue weighted by Crippen LogP contribution is -2.61. The van der Waals surface area contributed by atoms with E-state index in [1.54, 1.807) is 6.92 Å². The van der Waals surface area contributed by atoms with Crippen LogP contribution in [0.25, 0.3) is 0 Å². The van der Waals surface area contributed by atoms with Gasteiger partial charge in [-0.1, -0.05) is 13.8 Å². The molecule has 186 valence electrons. The van der Waals surface area contributed by atoms with E-state index >= 15 is 0 Å². The Balaban J connectivity index is 1.66. The number of carbonyl (C=O) groups excluding carboxylic acids is 3. The molecule has 4 fully saturated rings. The summed E-state index contributed by atoms with van der Waals surface area (Å²) in [5, 5.41) is 0. The molecule has 0 aromatic rings. The van der Waals surface area contributed by atoms with Crippen LogP contribution in [0.2, 0.25) is 0 Å². The number of carbonyl (C=O) groups is 3. The van der Waals surface area contributed by atoms with Gasteiger partial charge in [-0.25, -0.2) is 0 Å². The first-order valence-electron chi connectivity index (χ1n) is 12.5. The molecule has 5 nitrogen and oxygen atoms in total. The molecule has 0 amide bonds. The van der Waals surface area contributed by atoms with Crippen LogP contribution in [-0.4, -0.2) is 41.2 Å². The smallest absolute Gasteiger partial charge is 0.321 e. The third kappa shape index (κ3) is 4.24. The van der Waals surface area contributed by atoms with Crippen molar-refractivity contribution in [1.29, 1.82) is 0 Å². The normalized spacial score (nSPS) is 46.5. The molecule has 0 unspecified atom stereocenters. The zero-order chi connectivity index (χ0) is 24.2. The van der Waals surface area contributed by atoms with Crippen LogP contribution in [0.3, 0.4) is 0 Å². The van der Waals surface area contributed by atoms with Gasteiger partial charge in [0.05, 0.1) is 0 Å². The van der Waals surface area contributed by atoms with E-state index in [1.807, 2.05) is 6.92 Å². The predicted octanol–water partition coefficient (Wildman–Crippen LogP) is 5.54. The standard InChI is InChI=1S/C26H38Cl2O5/c1-15(29)18-7-8-19-17-6-5-16-11-24(2,33-22(31)14-28)9-10-25(16,3)23(17)20(12-26(18,19)4)32-21(30)13-27/h16-20,23H,5-14H2,1-4H3/t16-,17-,18+,19-,20-,23+,24+,25-,26+/m0/s1. The average Bonchev–Trinajstić information content (AvgIpc) is 3.10. The van der Waals surface area contributed by atoms with E-state index in [4.69, 9.17) is 32.7 Å². The van der Waals surface area contributed by atoms with Crippen molar-refractivity contribution in [3.63, 3.8) is 0 Å². The monoisotopic (exact) mass is 500 g/mol. The van der Waals surface area contributed by atoms with E-state index in [9.17, 15) is 14.4 Å².